The van der Waals surface area contributed by atoms with Crippen molar-refractivity contribution in [2.75, 3.05) is 32.0 Å². The van der Waals surface area contributed by atoms with E-state index < -0.39 is 11.9 Å². The highest BCUT2D eigenvalue weighted by Gasteiger charge is 2.22. The van der Waals surface area contributed by atoms with Gasteiger partial charge in [0.05, 0.1) is 12.1 Å². The lowest BCUT2D eigenvalue weighted by molar-refractivity contribution is -0.119. The van der Waals surface area contributed by atoms with Crippen molar-refractivity contribution in [2.24, 2.45) is 11.7 Å². The van der Waals surface area contributed by atoms with E-state index in [1.165, 1.54) is 0 Å². The highest BCUT2D eigenvalue weighted by atomic mass is 16.3. The van der Waals surface area contributed by atoms with Crippen LogP contribution in [-0.2, 0) is 11.3 Å². The van der Waals surface area contributed by atoms with E-state index in [9.17, 15) is 9.59 Å². The Bertz CT molecular complexity index is 1370. The van der Waals surface area contributed by atoms with Gasteiger partial charge in [0.2, 0.25) is 5.91 Å². The molecule has 0 radical (unpaired) electrons. The van der Waals surface area contributed by atoms with Crippen LogP contribution >= 0.6 is 0 Å². The molecule has 3 N–H and O–H groups in total. The van der Waals surface area contributed by atoms with Gasteiger partial charge in [-0.2, -0.15) is 0 Å². The summed E-state index contributed by atoms with van der Waals surface area (Å²) in [5.41, 5.74) is 7.11. The van der Waals surface area contributed by atoms with Crippen molar-refractivity contribution in [3.63, 3.8) is 0 Å². The molecule has 1 atom stereocenters. The fourth-order valence-corrected chi connectivity index (χ4v) is 4.28. The third-order valence-electron chi connectivity index (χ3n) is 6.38. The number of hydrogen-bond donors (Lipinski definition) is 2. The topological polar surface area (TPSA) is 118 Å². The number of carbonyl (C=O) groups excluding carboxylic acids is 2. The number of nitrogens with one attached hydrogen (secondary N) is 1. The Morgan fingerprint density at radius 3 is 2.49 bits per heavy atom. The van der Waals surface area contributed by atoms with Crippen LogP contribution in [0.2, 0.25) is 0 Å². The zero-order valence-corrected chi connectivity index (χ0v) is 21.8. The quantitative estimate of drug-likeness (QED) is 0.319. The lowest BCUT2D eigenvalue weighted by Gasteiger charge is -2.24. The molecule has 0 fully saturated rings. The van der Waals surface area contributed by atoms with Gasteiger partial charge in [-0.1, -0.05) is 44.2 Å². The first-order chi connectivity index (χ1) is 17.8. The van der Waals surface area contributed by atoms with Gasteiger partial charge in [0.15, 0.2) is 5.76 Å². The van der Waals surface area contributed by atoms with Crippen LogP contribution in [0.5, 0.6) is 0 Å². The largest absolute Gasteiger partial charge is 0.451 e. The molecule has 0 bridgehead atoms. The smallest absolute Gasteiger partial charge is 0.289 e. The highest BCUT2D eigenvalue weighted by Crippen LogP contribution is 2.23. The van der Waals surface area contributed by atoms with Crippen molar-refractivity contribution in [2.45, 2.75) is 33.4 Å². The predicted octanol–water partition coefficient (Wildman–Crippen LogP) is 3.89. The summed E-state index contributed by atoms with van der Waals surface area (Å²) in [6, 6.07) is 16.5. The Hall–Kier alpha value is -3.98. The van der Waals surface area contributed by atoms with Gasteiger partial charge in [-0.15, -0.1) is 0 Å². The van der Waals surface area contributed by atoms with Crippen LogP contribution in [0, 0.1) is 5.92 Å². The van der Waals surface area contributed by atoms with Gasteiger partial charge in [0.1, 0.15) is 23.3 Å². The molecule has 194 valence electrons. The number of para-hydroxylation sites is 2. The molecule has 2 heterocycles. The molecule has 0 aliphatic heterocycles. The average molecular weight is 503 g/mol. The standard InChI is InChI=1S/C28H34N6O3/c1-5-34(28(36)23-16-19-10-6-9-13-22(19)37-23)15-14-33(4)17-24-30-21-12-8-7-11-20(21)27(31-24)32-25(18(2)3)26(29)35/h6-13,16,18,25H,5,14-15,17H2,1-4H3,(H2,29,35)(H,30,31,32)/t25-/m0/s1. The molecule has 0 spiro atoms. The molecule has 2 aromatic carbocycles. The van der Waals surface area contributed by atoms with Crippen LogP contribution in [-0.4, -0.2) is 64.3 Å². The molecule has 0 aliphatic rings. The van der Waals surface area contributed by atoms with E-state index in [0.29, 0.717) is 49.2 Å². The number of fused-ring (bicyclic) bond motifs is 2. The fraction of sp³-hybridized carbons (Fsp3) is 0.357. The minimum absolute atomic E-state index is 0.00155. The molecule has 2 amide bonds. The van der Waals surface area contributed by atoms with Gasteiger partial charge in [-0.05, 0) is 44.2 Å². The Labute approximate surface area is 216 Å². The van der Waals surface area contributed by atoms with E-state index in [1.54, 1.807) is 11.0 Å². The summed E-state index contributed by atoms with van der Waals surface area (Å²) in [5, 5.41) is 4.97. The van der Waals surface area contributed by atoms with E-state index in [2.05, 4.69) is 10.2 Å². The first-order valence-electron chi connectivity index (χ1n) is 12.5. The summed E-state index contributed by atoms with van der Waals surface area (Å²) in [6.45, 7) is 8.01. The zero-order chi connectivity index (χ0) is 26.5. The second kappa shape index (κ2) is 11.4. The minimum Gasteiger partial charge on any atom is -0.451 e. The Balaban J connectivity index is 1.46. The number of carbonyl (C=O) groups is 2. The maximum atomic E-state index is 13.1. The van der Waals surface area contributed by atoms with Crippen molar-refractivity contribution >= 4 is 39.5 Å². The third-order valence-corrected chi connectivity index (χ3v) is 6.38. The third kappa shape index (κ3) is 6.06. The first kappa shape index (κ1) is 26.1. The van der Waals surface area contributed by atoms with E-state index in [-0.39, 0.29) is 11.8 Å². The van der Waals surface area contributed by atoms with Gasteiger partial charge in [0, 0.05) is 30.4 Å². The number of aromatic nitrogens is 2. The number of nitrogens with zero attached hydrogens (tertiary/aromatic N) is 4. The number of nitrogens with two attached hydrogens (primary N) is 1. The van der Waals surface area contributed by atoms with Gasteiger partial charge in [-0.25, -0.2) is 9.97 Å². The Morgan fingerprint density at radius 2 is 1.78 bits per heavy atom. The molecule has 2 aromatic heterocycles. The summed E-state index contributed by atoms with van der Waals surface area (Å²) in [5.74, 6) is 0.982. The number of furan rings is 1. The molecule has 37 heavy (non-hydrogen) atoms. The zero-order valence-electron chi connectivity index (χ0n) is 21.8. The predicted molar refractivity (Wildman–Crippen MR) is 145 cm³/mol. The number of primary amides is 1. The van der Waals surface area contributed by atoms with Gasteiger partial charge in [-0.3, -0.25) is 14.5 Å². The minimum atomic E-state index is -0.550. The summed E-state index contributed by atoms with van der Waals surface area (Å²) in [7, 11) is 1.96. The van der Waals surface area contributed by atoms with Crippen molar-refractivity contribution in [1.29, 1.82) is 0 Å². The van der Waals surface area contributed by atoms with Gasteiger partial charge in [0.25, 0.3) is 5.91 Å². The van der Waals surface area contributed by atoms with Crippen LogP contribution in [0.15, 0.2) is 59.0 Å². The maximum Gasteiger partial charge on any atom is 0.289 e. The normalized spacial score (nSPS) is 12.4. The molecule has 9 nitrogen and oxygen atoms in total. The van der Waals surface area contributed by atoms with E-state index in [0.717, 1.165) is 16.3 Å². The number of anilines is 1. The molecule has 9 heteroatoms. The first-order valence-corrected chi connectivity index (χ1v) is 12.5. The number of benzene rings is 2. The molecule has 0 aliphatic carbocycles. The van der Waals surface area contributed by atoms with Crippen LogP contribution in [0.25, 0.3) is 21.9 Å². The monoisotopic (exact) mass is 502 g/mol. The fourth-order valence-electron chi connectivity index (χ4n) is 4.28. The van der Waals surface area contributed by atoms with Crippen LogP contribution in [0.1, 0.15) is 37.2 Å². The van der Waals surface area contributed by atoms with Crippen molar-refractivity contribution in [3.8, 4) is 0 Å². The Kier molecular flexibility index (Phi) is 8.03. The second-order valence-electron chi connectivity index (χ2n) is 9.55. The average Bonchev–Trinajstić information content (AvgIpc) is 3.31. The molecular weight excluding hydrogens is 468 g/mol. The van der Waals surface area contributed by atoms with E-state index >= 15 is 0 Å². The summed E-state index contributed by atoms with van der Waals surface area (Å²) < 4.78 is 5.77. The number of hydrogen-bond acceptors (Lipinski definition) is 7. The molecular formula is C28H34N6O3. The molecule has 0 saturated heterocycles. The van der Waals surface area contributed by atoms with E-state index in [1.807, 2.05) is 76.3 Å². The molecule has 4 rings (SSSR count). The number of rotatable bonds is 11. The lowest BCUT2D eigenvalue weighted by atomic mass is 10.0. The van der Waals surface area contributed by atoms with Crippen molar-refractivity contribution < 1.29 is 14.0 Å². The second-order valence-corrected chi connectivity index (χ2v) is 9.55. The summed E-state index contributed by atoms with van der Waals surface area (Å²) >= 11 is 0. The van der Waals surface area contributed by atoms with Crippen molar-refractivity contribution in [3.05, 3.63) is 66.2 Å². The lowest BCUT2D eigenvalue weighted by Crippen LogP contribution is -2.40. The highest BCUT2D eigenvalue weighted by molar-refractivity contribution is 5.96. The van der Waals surface area contributed by atoms with E-state index in [4.69, 9.17) is 20.1 Å². The number of likely N-dealkylation sites (N-methyl/N-ethyl adjacent to an activating group) is 2. The molecule has 0 unspecified atom stereocenters. The number of amides is 2. The maximum absolute atomic E-state index is 13.1. The molecule has 0 saturated carbocycles. The SMILES string of the molecule is CCN(CCN(C)Cc1nc(N[C@H](C(N)=O)C(C)C)c2ccccc2n1)C(=O)c1cc2ccccc2o1. The van der Waals surface area contributed by atoms with Crippen LogP contribution in [0.4, 0.5) is 5.82 Å². The van der Waals surface area contributed by atoms with Crippen LogP contribution < -0.4 is 11.1 Å². The summed E-state index contributed by atoms with van der Waals surface area (Å²) in [6.07, 6.45) is 0. The van der Waals surface area contributed by atoms with Crippen molar-refractivity contribution in [1.82, 2.24) is 19.8 Å². The Morgan fingerprint density at radius 1 is 1.05 bits per heavy atom. The van der Waals surface area contributed by atoms with Crippen LogP contribution in [0.3, 0.4) is 0 Å². The summed E-state index contributed by atoms with van der Waals surface area (Å²) in [4.78, 5) is 38.3. The van der Waals surface area contributed by atoms with Gasteiger partial charge >= 0.3 is 0 Å². The molecule has 4 aromatic rings. The van der Waals surface area contributed by atoms with Gasteiger partial charge < -0.3 is 20.4 Å².